The Bertz CT molecular complexity index is 372. The second-order valence-electron chi connectivity index (χ2n) is 4.85. The number of hydrogen-bond acceptors (Lipinski definition) is 6. The number of likely N-dealkylation sites (tertiary alicyclic amines) is 1. The van der Waals surface area contributed by atoms with Crippen LogP contribution in [0.4, 0.5) is 11.6 Å². The first-order valence-electron chi connectivity index (χ1n) is 6.48. The number of hydrazine groups is 1. The molecule has 1 fully saturated rings. The second kappa shape index (κ2) is 5.97. The quantitative estimate of drug-likeness (QED) is 0.527. The second-order valence-corrected chi connectivity index (χ2v) is 4.85. The van der Waals surface area contributed by atoms with Crippen LogP contribution in [0.15, 0.2) is 6.07 Å². The van der Waals surface area contributed by atoms with Gasteiger partial charge in [-0.15, -0.1) is 0 Å². The largest absolute Gasteiger partial charge is 0.370 e. The molecular formula is C12H22N6. The molecule has 6 heteroatoms. The van der Waals surface area contributed by atoms with Crippen molar-refractivity contribution in [3.63, 3.8) is 0 Å². The van der Waals surface area contributed by atoms with Gasteiger partial charge >= 0.3 is 0 Å². The van der Waals surface area contributed by atoms with E-state index >= 15 is 0 Å². The number of nitrogens with zero attached hydrogens (tertiary/aromatic N) is 3. The zero-order valence-electron chi connectivity index (χ0n) is 11.1. The lowest BCUT2D eigenvalue weighted by Crippen LogP contribution is -2.20. The van der Waals surface area contributed by atoms with Crippen LogP contribution in [0.2, 0.25) is 0 Å². The fourth-order valence-electron chi connectivity index (χ4n) is 2.26. The summed E-state index contributed by atoms with van der Waals surface area (Å²) < 4.78 is 0. The van der Waals surface area contributed by atoms with Gasteiger partial charge in [0.1, 0.15) is 17.5 Å². The Balaban J connectivity index is 1.95. The molecule has 1 saturated heterocycles. The average Bonchev–Trinajstić information content (AvgIpc) is 2.81. The first kappa shape index (κ1) is 13.0. The van der Waals surface area contributed by atoms with Gasteiger partial charge < -0.3 is 15.6 Å². The van der Waals surface area contributed by atoms with Gasteiger partial charge in [-0.1, -0.05) is 6.92 Å². The summed E-state index contributed by atoms with van der Waals surface area (Å²) in [7, 11) is 2.16. The van der Waals surface area contributed by atoms with E-state index in [0.29, 0.717) is 11.7 Å². The lowest BCUT2D eigenvalue weighted by atomic mass is 10.1. The van der Waals surface area contributed by atoms with Crippen molar-refractivity contribution in [2.75, 3.05) is 37.4 Å². The van der Waals surface area contributed by atoms with Crippen LogP contribution >= 0.6 is 0 Å². The highest BCUT2D eigenvalue weighted by Gasteiger charge is 2.19. The fourth-order valence-corrected chi connectivity index (χ4v) is 2.26. The van der Waals surface area contributed by atoms with E-state index in [9.17, 15) is 0 Å². The molecule has 4 N–H and O–H groups in total. The van der Waals surface area contributed by atoms with Crippen molar-refractivity contribution in [1.82, 2.24) is 14.9 Å². The summed E-state index contributed by atoms with van der Waals surface area (Å²) in [6, 6.07) is 1.85. The zero-order valence-corrected chi connectivity index (χ0v) is 11.1. The van der Waals surface area contributed by atoms with Crippen LogP contribution < -0.4 is 16.6 Å². The van der Waals surface area contributed by atoms with E-state index in [-0.39, 0.29) is 0 Å². The summed E-state index contributed by atoms with van der Waals surface area (Å²) in [5.74, 6) is 8.42. The molecule has 0 aliphatic carbocycles. The number of nitrogen functional groups attached to an aromatic ring is 1. The molecule has 18 heavy (non-hydrogen) atoms. The third-order valence-electron chi connectivity index (χ3n) is 3.30. The highest BCUT2D eigenvalue weighted by molar-refractivity contribution is 5.46. The van der Waals surface area contributed by atoms with Crippen LogP contribution in [0.1, 0.15) is 19.2 Å². The van der Waals surface area contributed by atoms with E-state index < -0.39 is 0 Å². The molecule has 1 aromatic rings. The van der Waals surface area contributed by atoms with Gasteiger partial charge in [0, 0.05) is 25.6 Å². The standard InChI is InChI=1S/C12H22N6/c1-3-10-15-11(6-12(16-10)17-13)14-7-9-4-5-18(2)8-9/h6,9H,3-5,7-8,13H2,1-2H3,(H2,14,15,16,17). The molecule has 0 radical (unpaired) electrons. The summed E-state index contributed by atoms with van der Waals surface area (Å²) in [4.78, 5) is 11.1. The van der Waals surface area contributed by atoms with Crippen molar-refractivity contribution in [3.8, 4) is 0 Å². The summed E-state index contributed by atoms with van der Waals surface area (Å²) in [6.07, 6.45) is 2.05. The number of anilines is 2. The SMILES string of the molecule is CCc1nc(NN)cc(NCC2CCN(C)C2)n1. The van der Waals surface area contributed by atoms with Crippen LogP contribution in [0.25, 0.3) is 0 Å². The molecule has 1 unspecified atom stereocenters. The van der Waals surface area contributed by atoms with E-state index in [1.54, 1.807) is 0 Å². The van der Waals surface area contributed by atoms with E-state index in [1.807, 2.05) is 13.0 Å². The number of aryl methyl sites for hydroxylation is 1. The zero-order chi connectivity index (χ0) is 13.0. The minimum Gasteiger partial charge on any atom is -0.370 e. The van der Waals surface area contributed by atoms with E-state index in [2.05, 4.69) is 32.7 Å². The predicted octanol–water partition coefficient (Wildman–Crippen LogP) is 0.688. The van der Waals surface area contributed by atoms with Crippen molar-refractivity contribution in [2.45, 2.75) is 19.8 Å². The molecule has 0 spiro atoms. The average molecular weight is 250 g/mol. The summed E-state index contributed by atoms with van der Waals surface area (Å²) in [6.45, 7) is 5.33. The van der Waals surface area contributed by atoms with Crippen molar-refractivity contribution in [2.24, 2.45) is 11.8 Å². The van der Waals surface area contributed by atoms with Crippen LogP contribution in [-0.4, -0.2) is 41.5 Å². The first-order chi connectivity index (χ1) is 8.71. The molecule has 2 rings (SSSR count). The van der Waals surface area contributed by atoms with Crippen LogP contribution in [0, 0.1) is 5.92 Å². The Morgan fingerprint density at radius 1 is 1.44 bits per heavy atom. The van der Waals surface area contributed by atoms with Crippen LogP contribution in [-0.2, 0) is 6.42 Å². The molecule has 0 bridgehead atoms. The first-order valence-corrected chi connectivity index (χ1v) is 6.48. The molecular weight excluding hydrogens is 228 g/mol. The minimum absolute atomic E-state index is 0.660. The molecule has 1 aliphatic heterocycles. The van der Waals surface area contributed by atoms with Gasteiger partial charge in [0.05, 0.1) is 0 Å². The Morgan fingerprint density at radius 3 is 2.83 bits per heavy atom. The lowest BCUT2D eigenvalue weighted by molar-refractivity contribution is 0.399. The van der Waals surface area contributed by atoms with Crippen molar-refractivity contribution in [3.05, 3.63) is 11.9 Å². The summed E-state index contributed by atoms with van der Waals surface area (Å²) in [5, 5.41) is 3.38. The Kier molecular flexibility index (Phi) is 4.33. The van der Waals surface area contributed by atoms with Crippen LogP contribution in [0.5, 0.6) is 0 Å². The molecule has 0 amide bonds. The Labute approximate surface area is 108 Å². The van der Waals surface area contributed by atoms with E-state index in [4.69, 9.17) is 5.84 Å². The summed E-state index contributed by atoms with van der Waals surface area (Å²) in [5.41, 5.74) is 2.58. The number of nitrogens with one attached hydrogen (secondary N) is 2. The third kappa shape index (κ3) is 3.30. The third-order valence-corrected chi connectivity index (χ3v) is 3.30. The highest BCUT2D eigenvalue weighted by Crippen LogP contribution is 2.16. The molecule has 1 atom stereocenters. The monoisotopic (exact) mass is 250 g/mol. The molecule has 0 aromatic carbocycles. The molecule has 0 saturated carbocycles. The van der Waals surface area contributed by atoms with Gasteiger partial charge in [-0.25, -0.2) is 15.8 Å². The van der Waals surface area contributed by atoms with Crippen LogP contribution in [0.3, 0.4) is 0 Å². The highest BCUT2D eigenvalue weighted by atomic mass is 15.3. The number of nitrogens with two attached hydrogens (primary N) is 1. The van der Waals surface area contributed by atoms with Crippen molar-refractivity contribution >= 4 is 11.6 Å². The topological polar surface area (TPSA) is 79.1 Å². The van der Waals surface area contributed by atoms with Crippen molar-refractivity contribution < 1.29 is 0 Å². The fraction of sp³-hybridized carbons (Fsp3) is 0.667. The molecule has 6 nitrogen and oxygen atoms in total. The normalized spacial score (nSPS) is 20.1. The van der Waals surface area contributed by atoms with Gasteiger partial charge in [-0.3, -0.25) is 0 Å². The molecule has 1 aliphatic rings. The maximum absolute atomic E-state index is 5.40. The van der Waals surface area contributed by atoms with Gasteiger partial charge in [0.25, 0.3) is 0 Å². The smallest absolute Gasteiger partial charge is 0.145 e. The Hall–Kier alpha value is -1.40. The Morgan fingerprint density at radius 2 is 2.22 bits per heavy atom. The van der Waals surface area contributed by atoms with Gasteiger partial charge in [-0.05, 0) is 25.9 Å². The molecule has 1 aromatic heterocycles. The molecule has 2 heterocycles. The molecule has 100 valence electrons. The van der Waals surface area contributed by atoms with Gasteiger partial charge in [-0.2, -0.15) is 0 Å². The lowest BCUT2D eigenvalue weighted by Gasteiger charge is -2.13. The van der Waals surface area contributed by atoms with Crippen molar-refractivity contribution in [1.29, 1.82) is 0 Å². The summed E-state index contributed by atoms with van der Waals surface area (Å²) >= 11 is 0. The van der Waals surface area contributed by atoms with Gasteiger partial charge in [0.15, 0.2) is 0 Å². The predicted molar refractivity (Wildman–Crippen MR) is 73.3 cm³/mol. The maximum Gasteiger partial charge on any atom is 0.145 e. The maximum atomic E-state index is 5.40. The number of hydrogen-bond donors (Lipinski definition) is 3. The minimum atomic E-state index is 0.660. The van der Waals surface area contributed by atoms with Gasteiger partial charge in [0.2, 0.25) is 0 Å². The number of rotatable bonds is 5. The van der Waals surface area contributed by atoms with E-state index in [0.717, 1.165) is 31.2 Å². The number of aromatic nitrogens is 2. The van der Waals surface area contributed by atoms with E-state index in [1.165, 1.54) is 13.0 Å².